The summed E-state index contributed by atoms with van der Waals surface area (Å²) in [5, 5.41) is 7.66. The van der Waals surface area contributed by atoms with Crippen LogP contribution in [0.5, 0.6) is 0 Å². The molecule has 0 aliphatic heterocycles. The average molecular weight is 347 g/mol. The van der Waals surface area contributed by atoms with Crippen molar-refractivity contribution in [2.45, 2.75) is 13.8 Å². The predicted octanol–water partition coefficient (Wildman–Crippen LogP) is 4.27. The van der Waals surface area contributed by atoms with Gasteiger partial charge in [-0.15, -0.1) is 11.3 Å². The first-order valence-corrected chi connectivity index (χ1v) is 8.06. The zero-order chi connectivity index (χ0) is 16.4. The summed E-state index contributed by atoms with van der Waals surface area (Å²) in [6.07, 6.45) is 1.44. The Bertz CT molecular complexity index is 828. The molecule has 0 atom stereocenters. The van der Waals surface area contributed by atoms with Crippen LogP contribution in [0.15, 0.2) is 30.6 Å². The Morgan fingerprint density at radius 2 is 1.87 bits per heavy atom. The van der Waals surface area contributed by atoms with Crippen LogP contribution in [0.4, 0.5) is 28.1 Å². The van der Waals surface area contributed by atoms with Gasteiger partial charge < -0.3 is 16.4 Å². The van der Waals surface area contributed by atoms with Gasteiger partial charge in [0.15, 0.2) is 16.8 Å². The fourth-order valence-corrected chi connectivity index (χ4v) is 2.93. The van der Waals surface area contributed by atoms with Crippen LogP contribution in [0, 0.1) is 13.8 Å². The van der Waals surface area contributed by atoms with Crippen molar-refractivity contribution in [2.75, 3.05) is 16.4 Å². The van der Waals surface area contributed by atoms with Crippen molar-refractivity contribution >= 4 is 51.1 Å². The molecule has 4 N–H and O–H groups in total. The highest BCUT2D eigenvalue weighted by molar-refractivity contribution is 7.15. The van der Waals surface area contributed by atoms with Crippen LogP contribution >= 0.6 is 22.9 Å². The fraction of sp³-hybridized carbons (Fsp3) is 0.133. The van der Waals surface area contributed by atoms with Crippen LogP contribution in [-0.4, -0.2) is 15.0 Å². The molecule has 0 saturated carbocycles. The number of rotatable bonds is 4. The summed E-state index contributed by atoms with van der Waals surface area (Å²) in [5.41, 5.74) is 8.36. The molecule has 0 amide bonds. The highest BCUT2D eigenvalue weighted by atomic mass is 35.5. The summed E-state index contributed by atoms with van der Waals surface area (Å²) in [6.45, 7) is 3.99. The lowest BCUT2D eigenvalue weighted by Gasteiger charge is -2.11. The van der Waals surface area contributed by atoms with Crippen molar-refractivity contribution in [1.82, 2.24) is 15.0 Å². The first kappa shape index (κ1) is 15.5. The quantitative estimate of drug-likeness (QED) is 0.653. The fourth-order valence-electron chi connectivity index (χ4n) is 1.93. The van der Waals surface area contributed by atoms with Crippen molar-refractivity contribution in [3.05, 3.63) is 46.2 Å². The summed E-state index contributed by atoms with van der Waals surface area (Å²) in [6, 6.07) is 7.33. The normalized spacial score (nSPS) is 10.6. The summed E-state index contributed by atoms with van der Waals surface area (Å²) in [4.78, 5) is 13.9. The molecule has 8 heteroatoms. The van der Waals surface area contributed by atoms with E-state index in [1.165, 1.54) is 6.33 Å². The van der Waals surface area contributed by atoms with E-state index in [0.29, 0.717) is 22.3 Å². The first-order valence-electron chi connectivity index (χ1n) is 6.87. The molecule has 2 aromatic heterocycles. The standard InChI is InChI=1S/C15H15ClN6S/c1-8-9(2)23-15(20-8)22-14-12(17)13(18-7-19-14)21-11-5-3-4-10(16)6-11/h3-7H,17H2,1-2H3,(H2,18,19,20,21,22). The van der Waals surface area contributed by atoms with Gasteiger partial charge in [0.1, 0.15) is 12.0 Å². The molecule has 0 aliphatic rings. The number of halogens is 1. The number of hydrogen-bond acceptors (Lipinski definition) is 7. The van der Waals surface area contributed by atoms with Crippen LogP contribution in [0.25, 0.3) is 0 Å². The maximum atomic E-state index is 6.16. The molecule has 23 heavy (non-hydrogen) atoms. The van der Waals surface area contributed by atoms with E-state index in [0.717, 1.165) is 21.4 Å². The van der Waals surface area contributed by atoms with Crippen LogP contribution in [-0.2, 0) is 0 Å². The Labute approximate surface area is 142 Å². The third-order valence-corrected chi connectivity index (χ3v) is 4.45. The number of nitrogens with one attached hydrogen (secondary N) is 2. The van der Waals surface area contributed by atoms with Crippen molar-refractivity contribution in [3.63, 3.8) is 0 Å². The Hall–Kier alpha value is -2.38. The van der Waals surface area contributed by atoms with Gasteiger partial charge in [0.05, 0.1) is 5.69 Å². The maximum absolute atomic E-state index is 6.16. The molecule has 0 fully saturated rings. The van der Waals surface area contributed by atoms with Crippen molar-refractivity contribution in [3.8, 4) is 0 Å². The molecule has 0 aliphatic carbocycles. The number of nitrogens with zero attached hydrogens (tertiary/aromatic N) is 3. The van der Waals surface area contributed by atoms with Crippen LogP contribution in [0.2, 0.25) is 5.02 Å². The number of benzene rings is 1. The Morgan fingerprint density at radius 3 is 2.52 bits per heavy atom. The largest absolute Gasteiger partial charge is 0.393 e. The zero-order valence-electron chi connectivity index (χ0n) is 12.6. The molecule has 118 valence electrons. The molecule has 0 saturated heterocycles. The highest BCUT2D eigenvalue weighted by Crippen LogP contribution is 2.30. The van der Waals surface area contributed by atoms with Crippen LogP contribution in [0.1, 0.15) is 10.6 Å². The minimum absolute atomic E-state index is 0.415. The number of anilines is 5. The SMILES string of the molecule is Cc1nc(Nc2ncnc(Nc3cccc(Cl)c3)c2N)sc1C. The number of nitrogens with two attached hydrogens (primary N) is 1. The van der Waals surface area contributed by atoms with Crippen molar-refractivity contribution in [1.29, 1.82) is 0 Å². The van der Waals surface area contributed by atoms with Gasteiger partial charge in [-0.1, -0.05) is 17.7 Å². The maximum Gasteiger partial charge on any atom is 0.188 e. The van der Waals surface area contributed by atoms with Gasteiger partial charge in [0, 0.05) is 15.6 Å². The van der Waals surface area contributed by atoms with Gasteiger partial charge in [0.25, 0.3) is 0 Å². The number of aromatic nitrogens is 3. The van der Waals surface area contributed by atoms with Gasteiger partial charge in [-0.3, -0.25) is 0 Å². The molecular formula is C15H15ClN6S. The third kappa shape index (κ3) is 3.52. The zero-order valence-corrected chi connectivity index (χ0v) is 14.2. The van der Waals surface area contributed by atoms with Crippen LogP contribution < -0.4 is 16.4 Å². The van der Waals surface area contributed by atoms with Gasteiger partial charge in [-0.05, 0) is 32.0 Å². The van der Waals surface area contributed by atoms with Gasteiger partial charge >= 0.3 is 0 Å². The summed E-state index contributed by atoms with van der Waals surface area (Å²) in [5.74, 6) is 1.02. The Kier molecular flexibility index (Phi) is 4.31. The molecule has 1 aromatic carbocycles. The van der Waals surface area contributed by atoms with E-state index < -0.39 is 0 Å². The topological polar surface area (TPSA) is 88.8 Å². The van der Waals surface area contributed by atoms with E-state index in [9.17, 15) is 0 Å². The van der Waals surface area contributed by atoms with Gasteiger partial charge in [-0.25, -0.2) is 15.0 Å². The van der Waals surface area contributed by atoms with E-state index in [4.69, 9.17) is 17.3 Å². The smallest absolute Gasteiger partial charge is 0.188 e. The lowest BCUT2D eigenvalue weighted by molar-refractivity contribution is 1.16. The molecular weight excluding hydrogens is 332 g/mol. The number of aryl methyl sites for hydroxylation is 2. The second kappa shape index (κ2) is 6.39. The molecule has 6 nitrogen and oxygen atoms in total. The minimum atomic E-state index is 0.415. The number of nitrogen functional groups attached to an aromatic ring is 1. The number of thiazole rings is 1. The molecule has 3 rings (SSSR count). The lowest BCUT2D eigenvalue weighted by atomic mass is 10.3. The molecule has 0 spiro atoms. The highest BCUT2D eigenvalue weighted by Gasteiger charge is 2.11. The Balaban J connectivity index is 1.86. The second-order valence-electron chi connectivity index (χ2n) is 4.91. The summed E-state index contributed by atoms with van der Waals surface area (Å²) in [7, 11) is 0. The van der Waals surface area contributed by atoms with E-state index >= 15 is 0 Å². The lowest BCUT2D eigenvalue weighted by Crippen LogP contribution is -2.05. The summed E-state index contributed by atoms with van der Waals surface area (Å²) < 4.78 is 0. The average Bonchev–Trinajstić information content (AvgIpc) is 2.82. The first-order chi connectivity index (χ1) is 11.0. The van der Waals surface area contributed by atoms with Gasteiger partial charge in [0.2, 0.25) is 0 Å². The van der Waals surface area contributed by atoms with Gasteiger partial charge in [-0.2, -0.15) is 0 Å². The van der Waals surface area contributed by atoms with E-state index in [1.807, 2.05) is 26.0 Å². The minimum Gasteiger partial charge on any atom is -0.393 e. The van der Waals surface area contributed by atoms with Crippen molar-refractivity contribution < 1.29 is 0 Å². The Morgan fingerprint density at radius 1 is 1.13 bits per heavy atom. The molecule has 3 aromatic rings. The van der Waals surface area contributed by atoms with Crippen molar-refractivity contribution in [2.24, 2.45) is 0 Å². The molecule has 0 unspecified atom stereocenters. The second-order valence-corrected chi connectivity index (χ2v) is 6.55. The molecule has 0 radical (unpaired) electrons. The van der Waals surface area contributed by atoms with E-state index in [-0.39, 0.29) is 0 Å². The predicted molar refractivity (Wildman–Crippen MR) is 96.0 cm³/mol. The summed E-state index contributed by atoms with van der Waals surface area (Å²) >= 11 is 7.54. The number of hydrogen-bond donors (Lipinski definition) is 3. The third-order valence-electron chi connectivity index (χ3n) is 3.23. The van der Waals surface area contributed by atoms with E-state index in [2.05, 4.69) is 25.6 Å². The molecule has 0 bridgehead atoms. The molecule has 2 heterocycles. The van der Waals surface area contributed by atoms with E-state index in [1.54, 1.807) is 23.5 Å². The van der Waals surface area contributed by atoms with Crippen LogP contribution in [0.3, 0.4) is 0 Å². The monoisotopic (exact) mass is 346 g/mol.